The van der Waals surface area contributed by atoms with Crippen molar-refractivity contribution in [2.24, 2.45) is 5.73 Å². The van der Waals surface area contributed by atoms with Gasteiger partial charge >= 0.3 is 0 Å². The van der Waals surface area contributed by atoms with Crippen molar-refractivity contribution in [1.82, 2.24) is 10.2 Å². The highest BCUT2D eigenvalue weighted by Crippen LogP contribution is 2.43. The summed E-state index contributed by atoms with van der Waals surface area (Å²) in [6.45, 7) is 4.04. The van der Waals surface area contributed by atoms with Crippen molar-refractivity contribution in [3.8, 4) is 0 Å². The third-order valence-electron chi connectivity index (χ3n) is 4.88. The topological polar surface area (TPSA) is 75.4 Å². The van der Waals surface area contributed by atoms with Crippen LogP contribution in [0.4, 0.5) is 0 Å². The van der Waals surface area contributed by atoms with Crippen molar-refractivity contribution < 1.29 is 9.59 Å². The van der Waals surface area contributed by atoms with Crippen LogP contribution in [0.25, 0.3) is 11.4 Å². The van der Waals surface area contributed by atoms with Gasteiger partial charge in [0.1, 0.15) is 0 Å². The molecular formula is C21H21N3O2S. The van der Waals surface area contributed by atoms with Crippen LogP contribution in [0.5, 0.6) is 0 Å². The lowest BCUT2D eigenvalue weighted by atomic mass is 10.0. The summed E-state index contributed by atoms with van der Waals surface area (Å²) in [6, 6.07) is 11.6. The quantitative estimate of drug-likeness (QED) is 0.837. The second-order valence-electron chi connectivity index (χ2n) is 6.80. The number of nitrogens with two attached hydrogens (primary N) is 1. The van der Waals surface area contributed by atoms with Gasteiger partial charge in [-0.3, -0.25) is 14.5 Å². The van der Waals surface area contributed by atoms with Gasteiger partial charge in [0.25, 0.3) is 11.8 Å². The van der Waals surface area contributed by atoms with E-state index in [4.69, 9.17) is 5.73 Å². The minimum atomic E-state index is -0.471. The largest absolute Gasteiger partial charge is 0.320 e. The summed E-state index contributed by atoms with van der Waals surface area (Å²) in [5.74, 6) is -0.452. The van der Waals surface area contributed by atoms with Crippen LogP contribution in [0, 0.1) is 6.92 Å². The van der Waals surface area contributed by atoms with E-state index < -0.39 is 6.17 Å². The van der Waals surface area contributed by atoms with Crippen LogP contribution in [-0.2, 0) is 9.59 Å². The van der Waals surface area contributed by atoms with Crippen molar-refractivity contribution in [2.75, 3.05) is 0 Å². The number of nitrogens with one attached hydrogen (secondary N) is 1. The lowest BCUT2D eigenvalue weighted by Gasteiger charge is -2.28. The highest BCUT2D eigenvalue weighted by atomic mass is 32.1. The average Bonchev–Trinajstić information content (AvgIpc) is 3.34. The molecule has 0 bridgehead atoms. The van der Waals surface area contributed by atoms with Crippen LogP contribution < -0.4 is 11.1 Å². The molecule has 0 spiro atoms. The van der Waals surface area contributed by atoms with Crippen molar-refractivity contribution in [2.45, 2.75) is 32.9 Å². The van der Waals surface area contributed by atoms with E-state index in [9.17, 15) is 9.59 Å². The fraction of sp³-hybridized carbons (Fsp3) is 0.238. The van der Waals surface area contributed by atoms with Crippen LogP contribution in [0.1, 0.15) is 35.8 Å². The maximum atomic E-state index is 13.4. The normalized spacial score (nSPS) is 17.7. The van der Waals surface area contributed by atoms with E-state index in [2.05, 4.69) is 5.32 Å². The fourth-order valence-electron chi connectivity index (χ4n) is 3.60. The maximum absolute atomic E-state index is 13.4. The van der Waals surface area contributed by atoms with Gasteiger partial charge < -0.3 is 11.1 Å². The van der Waals surface area contributed by atoms with Crippen LogP contribution in [0.15, 0.2) is 52.9 Å². The number of amides is 2. The number of fused-ring (bicyclic) bond motifs is 1. The van der Waals surface area contributed by atoms with E-state index in [0.29, 0.717) is 29.0 Å². The zero-order chi connectivity index (χ0) is 19.1. The number of aryl methyl sites for hydroxylation is 1. The molecule has 2 amide bonds. The zero-order valence-electron chi connectivity index (χ0n) is 15.3. The van der Waals surface area contributed by atoms with E-state index in [1.165, 1.54) is 11.3 Å². The fourth-order valence-corrected chi connectivity index (χ4v) is 4.33. The molecule has 2 aliphatic rings. The second kappa shape index (κ2) is 6.79. The molecule has 4 rings (SSSR count). The van der Waals surface area contributed by atoms with E-state index >= 15 is 0 Å². The van der Waals surface area contributed by atoms with E-state index in [1.807, 2.05) is 55.6 Å². The molecule has 1 atom stereocenters. The third-order valence-corrected chi connectivity index (χ3v) is 5.77. The summed E-state index contributed by atoms with van der Waals surface area (Å²) in [7, 11) is 0. The number of rotatable bonds is 5. The van der Waals surface area contributed by atoms with Gasteiger partial charge in [-0.15, -0.1) is 11.3 Å². The van der Waals surface area contributed by atoms with Gasteiger partial charge in [-0.2, -0.15) is 0 Å². The molecule has 0 saturated carbocycles. The number of benzene rings is 1. The summed E-state index contributed by atoms with van der Waals surface area (Å²) in [6.07, 6.45) is 1.05. The van der Waals surface area contributed by atoms with Crippen molar-refractivity contribution >= 4 is 34.5 Å². The Labute approximate surface area is 162 Å². The highest BCUT2D eigenvalue weighted by molar-refractivity contribution is 7.11. The molecule has 3 heterocycles. The average molecular weight is 379 g/mol. The maximum Gasteiger partial charge on any atom is 0.262 e. The second-order valence-corrected chi connectivity index (χ2v) is 7.75. The van der Waals surface area contributed by atoms with Crippen molar-refractivity contribution in [3.05, 3.63) is 68.9 Å². The molecule has 1 unspecified atom stereocenters. The molecule has 27 heavy (non-hydrogen) atoms. The summed E-state index contributed by atoms with van der Waals surface area (Å²) in [5, 5.41) is 4.82. The van der Waals surface area contributed by atoms with E-state index in [-0.39, 0.29) is 11.8 Å². The lowest BCUT2D eigenvalue weighted by molar-refractivity contribution is -0.124. The first kappa shape index (κ1) is 17.7. The first-order valence-electron chi connectivity index (χ1n) is 9.03. The molecule has 1 aromatic heterocycles. The molecule has 0 radical (unpaired) electrons. The Morgan fingerprint density at radius 1 is 1.15 bits per heavy atom. The summed E-state index contributed by atoms with van der Waals surface area (Å²) < 4.78 is 0. The van der Waals surface area contributed by atoms with Crippen LogP contribution in [0.3, 0.4) is 0 Å². The van der Waals surface area contributed by atoms with Gasteiger partial charge in [-0.25, -0.2) is 0 Å². The van der Waals surface area contributed by atoms with Gasteiger partial charge in [0, 0.05) is 0 Å². The SMILES string of the molecule is CCCC(N)N1C(=O)C2=C(c3cccs3)NC(=O)C2=C1c1ccc(C)cc1. The van der Waals surface area contributed by atoms with Crippen LogP contribution in [0.2, 0.25) is 0 Å². The Bertz CT molecular complexity index is 971. The molecular weight excluding hydrogens is 358 g/mol. The van der Waals surface area contributed by atoms with Gasteiger partial charge in [-0.05, 0) is 30.4 Å². The summed E-state index contributed by atoms with van der Waals surface area (Å²) in [5.41, 5.74) is 10.4. The Balaban J connectivity index is 1.94. The van der Waals surface area contributed by atoms with Crippen LogP contribution in [-0.4, -0.2) is 22.9 Å². The third kappa shape index (κ3) is 2.81. The minimum absolute atomic E-state index is 0.205. The molecule has 138 valence electrons. The molecule has 5 nitrogen and oxygen atoms in total. The minimum Gasteiger partial charge on any atom is -0.320 e. The number of nitrogens with zero attached hydrogens (tertiary/aromatic N) is 1. The molecule has 6 heteroatoms. The molecule has 0 fully saturated rings. The van der Waals surface area contributed by atoms with Gasteiger partial charge in [0.05, 0.1) is 33.6 Å². The first-order valence-corrected chi connectivity index (χ1v) is 9.91. The van der Waals surface area contributed by atoms with E-state index in [1.54, 1.807) is 4.90 Å². The van der Waals surface area contributed by atoms with Gasteiger partial charge in [-0.1, -0.05) is 49.2 Å². The summed E-state index contributed by atoms with van der Waals surface area (Å²) >= 11 is 1.49. The van der Waals surface area contributed by atoms with Crippen molar-refractivity contribution in [3.63, 3.8) is 0 Å². The van der Waals surface area contributed by atoms with Crippen LogP contribution >= 0.6 is 11.3 Å². The molecule has 2 aromatic rings. The van der Waals surface area contributed by atoms with Crippen molar-refractivity contribution in [1.29, 1.82) is 0 Å². The summed E-state index contributed by atoms with van der Waals surface area (Å²) in [4.78, 5) is 28.7. The number of hydrogen-bond donors (Lipinski definition) is 2. The molecule has 1 aromatic carbocycles. The highest BCUT2D eigenvalue weighted by Gasteiger charge is 2.46. The number of hydrogen-bond acceptors (Lipinski definition) is 4. The molecule has 3 N–H and O–H groups in total. The van der Waals surface area contributed by atoms with Gasteiger partial charge in [0.2, 0.25) is 0 Å². The Morgan fingerprint density at radius 3 is 2.52 bits per heavy atom. The van der Waals surface area contributed by atoms with Gasteiger partial charge in [0.15, 0.2) is 0 Å². The smallest absolute Gasteiger partial charge is 0.262 e. The Hall–Kier alpha value is -2.70. The lowest BCUT2D eigenvalue weighted by Crippen LogP contribution is -2.42. The monoisotopic (exact) mass is 379 g/mol. The van der Waals surface area contributed by atoms with E-state index in [0.717, 1.165) is 22.4 Å². The molecule has 0 aliphatic carbocycles. The standard InChI is InChI=1S/C21H21N3O2S/c1-3-5-15(22)24-19(13-9-7-12(2)8-10-13)17-16(21(24)26)18(23-20(17)25)14-6-4-11-27-14/h4,6-11,15H,3,5,22H2,1-2H3,(H,23,25). The number of thiophene rings is 1. The number of carbonyl (C=O) groups excluding carboxylic acids is 2. The predicted molar refractivity (Wildman–Crippen MR) is 107 cm³/mol. The molecule has 0 saturated heterocycles. The Kier molecular flexibility index (Phi) is 4.45. The predicted octanol–water partition coefficient (Wildman–Crippen LogP) is 3.24. The first-order chi connectivity index (χ1) is 13.0. The zero-order valence-corrected chi connectivity index (χ0v) is 16.1. The molecule has 2 aliphatic heterocycles. The number of carbonyl (C=O) groups is 2. The Morgan fingerprint density at radius 2 is 1.89 bits per heavy atom.